The highest BCUT2D eigenvalue weighted by atomic mass is 33.1. The first-order valence-electron chi connectivity index (χ1n) is 29.0. The summed E-state index contributed by atoms with van der Waals surface area (Å²) in [4.78, 5) is 101. The number of amides is 3. The Kier molecular flexibility index (Phi) is 33.1. The van der Waals surface area contributed by atoms with Gasteiger partial charge in [-0.15, -0.1) is 0 Å². The maximum Gasteiger partial charge on any atom is 0.331 e. The number of rotatable bonds is 35. The first kappa shape index (κ1) is 71.7. The minimum Gasteiger partial charge on any atom is -0.466 e. The molecule has 460 valence electrons. The highest BCUT2D eigenvalue weighted by Crippen LogP contribution is 2.67. The van der Waals surface area contributed by atoms with Crippen LogP contribution < -0.4 is 16.0 Å². The van der Waals surface area contributed by atoms with Gasteiger partial charge in [0.05, 0.1) is 19.6 Å². The van der Waals surface area contributed by atoms with E-state index >= 15 is 0 Å². The molecular formula is C64H93N3O14S2. The lowest BCUT2D eigenvalue weighted by molar-refractivity contribution is -0.165. The molecule has 0 heterocycles. The Morgan fingerprint density at radius 1 is 0.771 bits per heavy atom. The number of aliphatic hydroxyl groups excluding tert-OH is 2. The van der Waals surface area contributed by atoms with Crippen LogP contribution in [0.5, 0.6) is 0 Å². The van der Waals surface area contributed by atoms with E-state index in [4.69, 9.17) is 19.3 Å². The molecule has 3 saturated carbocycles. The summed E-state index contributed by atoms with van der Waals surface area (Å²) in [6.07, 6.45) is 38.0. The zero-order valence-electron chi connectivity index (χ0n) is 50.1. The average molecular weight is 1190 g/mol. The van der Waals surface area contributed by atoms with Crippen LogP contribution in [0.15, 0.2) is 109 Å². The van der Waals surface area contributed by atoms with Crippen molar-refractivity contribution in [3.63, 3.8) is 0 Å². The van der Waals surface area contributed by atoms with Gasteiger partial charge in [0.25, 0.3) is 5.91 Å². The number of aliphatic hydroxyl groups is 2. The van der Waals surface area contributed by atoms with Crippen LogP contribution in [0.2, 0.25) is 0 Å². The van der Waals surface area contributed by atoms with E-state index in [1.807, 2.05) is 24.3 Å². The minimum absolute atomic E-state index is 0.00108. The van der Waals surface area contributed by atoms with Gasteiger partial charge in [-0.1, -0.05) is 148 Å². The molecular weight excluding hydrogens is 1100 g/mol. The molecule has 17 nitrogen and oxygen atoms in total. The van der Waals surface area contributed by atoms with Crippen LogP contribution in [0.4, 0.5) is 0 Å². The molecule has 4 rings (SSSR count). The zero-order chi connectivity index (χ0) is 61.3. The van der Waals surface area contributed by atoms with Gasteiger partial charge in [-0.2, -0.15) is 0 Å². The normalized spacial score (nSPS) is 24.4. The molecule has 0 aromatic carbocycles. The summed E-state index contributed by atoms with van der Waals surface area (Å²) in [6, 6.07) is 0. The van der Waals surface area contributed by atoms with Crippen LogP contribution in [-0.2, 0) is 57.3 Å². The predicted octanol–water partition coefficient (Wildman–Crippen LogP) is 8.74. The van der Waals surface area contributed by atoms with Crippen molar-refractivity contribution in [3.8, 4) is 0 Å². The topological polar surface area (TPSA) is 250 Å². The van der Waals surface area contributed by atoms with E-state index in [9.17, 15) is 43.5 Å². The highest BCUT2D eigenvalue weighted by molar-refractivity contribution is 8.76. The lowest BCUT2D eigenvalue weighted by Gasteiger charge is -2.60. The van der Waals surface area contributed by atoms with Gasteiger partial charge in [-0.25, -0.2) is 9.59 Å². The monoisotopic (exact) mass is 1190 g/mol. The van der Waals surface area contributed by atoms with Crippen molar-refractivity contribution in [3.05, 3.63) is 109 Å². The number of ether oxygens (including phenoxy) is 4. The third-order valence-electron chi connectivity index (χ3n) is 15.7. The summed E-state index contributed by atoms with van der Waals surface area (Å²) in [7, 11) is 5.17. The van der Waals surface area contributed by atoms with Crippen molar-refractivity contribution in [2.75, 3.05) is 65.2 Å². The zero-order valence-corrected chi connectivity index (χ0v) is 51.7. The maximum atomic E-state index is 13.6. The Morgan fingerprint density at radius 3 is 1.93 bits per heavy atom. The molecule has 0 unspecified atom stereocenters. The molecule has 19 heteroatoms. The fourth-order valence-corrected chi connectivity index (χ4v) is 13.6. The van der Waals surface area contributed by atoms with Crippen LogP contribution in [-0.4, -0.2) is 135 Å². The molecule has 0 aromatic heterocycles. The smallest absolute Gasteiger partial charge is 0.331 e. The number of hydrogen-bond acceptors (Lipinski definition) is 16. The molecule has 0 spiro atoms. The molecule has 4 aliphatic carbocycles. The average Bonchev–Trinajstić information content (AvgIpc) is 2.57. The van der Waals surface area contributed by atoms with E-state index in [0.717, 1.165) is 83.3 Å². The molecule has 0 bridgehead atoms. The lowest BCUT2D eigenvalue weighted by Crippen LogP contribution is -2.57. The van der Waals surface area contributed by atoms with Crippen LogP contribution in [0.1, 0.15) is 119 Å². The van der Waals surface area contributed by atoms with E-state index in [1.54, 1.807) is 32.1 Å². The molecule has 0 radical (unpaired) electrons. The first-order chi connectivity index (χ1) is 39.8. The molecule has 0 saturated heterocycles. The number of ketones is 2. The number of hydrogen-bond donors (Lipinski definition) is 5. The largest absolute Gasteiger partial charge is 0.466 e. The second-order valence-electron chi connectivity index (χ2n) is 22.2. The number of carbonyl (C=O) groups excluding carboxylic acids is 8. The van der Waals surface area contributed by atoms with Gasteiger partial charge < -0.3 is 45.1 Å². The molecule has 3 fully saturated rings. The van der Waals surface area contributed by atoms with E-state index in [1.165, 1.54) is 21.6 Å². The van der Waals surface area contributed by atoms with Crippen molar-refractivity contribution in [2.45, 2.75) is 131 Å². The van der Waals surface area contributed by atoms with E-state index in [0.29, 0.717) is 37.4 Å². The Bertz CT molecular complexity index is 2420. The lowest BCUT2D eigenvalue weighted by atomic mass is 9.45. The number of esters is 3. The van der Waals surface area contributed by atoms with Gasteiger partial charge in [-0.3, -0.25) is 28.8 Å². The van der Waals surface area contributed by atoms with Crippen LogP contribution >= 0.6 is 21.6 Å². The predicted molar refractivity (Wildman–Crippen MR) is 327 cm³/mol. The van der Waals surface area contributed by atoms with E-state index in [2.05, 4.69) is 97.0 Å². The van der Waals surface area contributed by atoms with Gasteiger partial charge >= 0.3 is 17.9 Å². The Labute approximate surface area is 500 Å². The van der Waals surface area contributed by atoms with Crippen LogP contribution in [0, 0.1) is 45.8 Å². The van der Waals surface area contributed by atoms with Gasteiger partial charge in [0.15, 0.2) is 17.7 Å². The first-order valence-corrected chi connectivity index (χ1v) is 31.5. The Morgan fingerprint density at radius 2 is 1.34 bits per heavy atom. The summed E-state index contributed by atoms with van der Waals surface area (Å²) in [6.45, 7) is 11.7. The number of Topliss-reactive ketones (excluding diaryl/α,β-unsaturated/α-hetero) is 1. The number of allylic oxidation sites excluding steroid dienone is 15. The minimum atomic E-state index is -1.47. The number of nitrogens with one attached hydrogen (secondary N) is 3. The molecule has 3 amide bonds. The number of carbonyl (C=O) groups is 8. The van der Waals surface area contributed by atoms with Crippen molar-refractivity contribution in [1.29, 1.82) is 0 Å². The standard InChI is InChI=1S/C63H89N3O13S2.CH4O/c1-8-9-10-11-12-13-14-15-16-17-18-19-20-21-22-23-24-25-26-56(73)78-44-61(3,4)59(79-57(74)30-29-55(72)76-7)60(75)66-34-32-53(70)64-35-37-80-81-38-36-65-54(71)43-77-42-52(69)49-28-27-48-47-39-45(2)50-40-46(67)31-33-62(50,5)58(47)51(68)41-63(48,49)6;1-2/h9-10,12-13,15-16,18-19,21-22,24-25,29-31,33,40,45,47-49,51,58-59,68H,8,11,14,17,20,23,26-28,32,34-39,41-44H2,1-7H3,(H,64,70)(H,65,71)(H,66,75);2H,1H3/b10-9-,13-12-,16-15-,19-18-,22-21-,25-24-,30-29+;/t45-,47-,48-,49+,51-,58+,59-,62-,63-;/m0./s1. The molecule has 83 heavy (non-hydrogen) atoms. The summed E-state index contributed by atoms with van der Waals surface area (Å²) < 4.78 is 21.1. The summed E-state index contributed by atoms with van der Waals surface area (Å²) in [5.74, 6) is -2.18. The fraction of sp³-hybridized carbons (Fsp3) is 0.594. The highest BCUT2D eigenvalue weighted by Gasteiger charge is 2.63. The SMILES string of the molecule is CC/C=C\C/C=C\C/C=C\C/C=C\C/C=C\C/C=C\CC(=O)OCC(C)(C)[C@@H](OC(=O)/C=C/C(=O)OC)C(=O)NCCC(=O)NCCSSCCNC(=O)COCC(=O)[C@H]1CC[C@H]2[C@@H]3C[C@H](C)C4=CC(=O)C=C[C@]4(C)[C@H]3[C@@H](O)C[C@]12C.CO. The van der Waals surface area contributed by atoms with Gasteiger partial charge in [-0.05, 0) is 99.5 Å². The summed E-state index contributed by atoms with van der Waals surface area (Å²) in [5.41, 5.74) is -0.879. The maximum absolute atomic E-state index is 13.6. The number of fused-ring (bicyclic) bond motifs is 5. The van der Waals surface area contributed by atoms with Crippen LogP contribution in [0.25, 0.3) is 0 Å². The van der Waals surface area contributed by atoms with E-state index < -0.39 is 41.4 Å². The van der Waals surface area contributed by atoms with Gasteiger partial charge in [0.1, 0.15) is 19.8 Å². The van der Waals surface area contributed by atoms with Crippen LogP contribution in [0.3, 0.4) is 0 Å². The molecule has 0 aliphatic heterocycles. The molecule has 9 atom stereocenters. The fourth-order valence-electron chi connectivity index (χ4n) is 11.8. The summed E-state index contributed by atoms with van der Waals surface area (Å²) >= 11 is 0. The van der Waals surface area contributed by atoms with Crippen molar-refractivity contribution in [2.24, 2.45) is 45.8 Å². The molecule has 5 N–H and O–H groups in total. The second kappa shape index (κ2) is 38.4. The third kappa shape index (κ3) is 24.1. The molecule has 4 aliphatic rings. The van der Waals surface area contributed by atoms with E-state index in [-0.39, 0.29) is 103 Å². The van der Waals surface area contributed by atoms with Gasteiger partial charge in [0, 0.05) is 79.5 Å². The Balaban J connectivity index is 0.00000893. The summed E-state index contributed by atoms with van der Waals surface area (Å²) in [5, 5.41) is 26.9. The quantitative estimate of drug-likeness (QED) is 0.00993. The Hall–Kier alpha value is -5.60. The van der Waals surface area contributed by atoms with Crippen molar-refractivity contribution in [1.82, 2.24) is 16.0 Å². The third-order valence-corrected chi connectivity index (χ3v) is 18.1. The van der Waals surface area contributed by atoms with Crippen molar-refractivity contribution < 1.29 is 67.5 Å². The second-order valence-corrected chi connectivity index (χ2v) is 24.9. The molecule has 0 aromatic rings. The van der Waals surface area contributed by atoms with Gasteiger partial charge in [0.2, 0.25) is 11.8 Å². The van der Waals surface area contributed by atoms with Crippen molar-refractivity contribution >= 4 is 68.8 Å². The number of methoxy groups -OCH3 is 1.